The molecule has 1 N–H and O–H groups in total. The normalized spacial score (nSPS) is 17.3. The molecule has 0 rings (SSSR count). The van der Waals surface area contributed by atoms with Gasteiger partial charge in [0.25, 0.3) is 7.52 Å². The molecule has 102 valence electrons. The Morgan fingerprint density at radius 2 is 1.82 bits per heavy atom. The Bertz CT molecular complexity index is 298. The molecular formula is C11H24NO4P. The summed E-state index contributed by atoms with van der Waals surface area (Å²) in [6.07, 6.45) is 0. The topological polar surface area (TPSA) is 64.6 Å². The van der Waals surface area contributed by atoms with Crippen LogP contribution in [0.2, 0.25) is 0 Å². The van der Waals surface area contributed by atoms with Crippen molar-refractivity contribution >= 4 is 13.5 Å². The third-order valence-corrected chi connectivity index (χ3v) is 5.31. The molecule has 2 unspecified atom stereocenters. The molecule has 0 aliphatic heterocycles. The van der Waals surface area contributed by atoms with Crippen LogP contribution >= 0.6 is 7.52 Å². The quantitative estimate of drug-likeness (QED) is 0.590. The number of esters is 1. The molecule has 6 heteroatoms. The Morgan fingerprint density at radius 3 is 2.18 bits per heavy atom. The minimum absolute atomic E-state index is 0.305. The fraction of sp³-hybridized carbons (Fsp3) is 0.909. The smallest absolute Gasteiger partial charge is 0.323 e. The first-order valence-corrected chi connectivity index (χ1v) is 7.49. The van der Waals surface area contributed by atoms with Crippen LogP contribution in [-0.2, 0) is 18.6 Å². The van der Waals surface area contributed by atoms with Crippen molar-refractivity contribution in [2.75, 3.05) is 13.2 Å². The third-order valence-electron chi connectivity index (χ3n) is 2.20. The molecule has 0 aliphatic carbocycles. The van der Waals surface area contributed by atoms with E-state index in [2.05, 4.69) is 5.09 Å². The van der Waals surface area contributed by atoms with Gasteiger partial charge < -0.3 is 9.26 Å². The SMILES string of the molecule is CCOC(=O)C(C)NP(=O)(OCC)C(C)(C)C. The Morgan fingerprint density at radius 1 is 1.29 bits per heavy atom. The Balaban J connectivity index is 4.78. The van der Waals surface area contributed by atoms with E-state index in [1.807, 2.05) is 20.8 Å². The molecule has 0 fully saturated rings. The highest BCUT2D eigenvalue weighted by Gasteiger charge is 2.40. The van der Waals surface area contributed by atoms with Gasteiger partial charge in [-0.25, -0.2) is 5.09 Å². The zero-order valence-corrected chi connectivity index (χ0v) is 12.5. The fourth-order valence-electron chi connectivity index (χ4n) is 1.18. The molecule has 2 atom stereocenters. The second-order valence-corrected chi connectivity index (χ2v) is 7.70. The van der Waals surface area contributed by atoms with E-state index in [1.54, 1.807) is 20.8 Å². The number of rotatable bonds is 6. The molecule has 0 aromatic rings. The lowest BCUT2D eigenvalue weighted by Crippen LogP contribution is -2.38. The number of carbonyl (C=O) groups is 1. The van der Waals surface area contributed by atoms with E-state index in [0.29, 0.717) is 13.2 Å². The summed E-state index contributed by atoms with van der Waals surface area (Å²) in [6.45, 7) is 11.2. The van der Waals surface area contributed by atoms with Crippen molar-refractivity contribution in [3.8, 4) is 0 Å². The van der Waals surface area contributed by atoms with Gasteiger partial charge in [-0.05, 0) is 41.5 Å². The Kier molecular flexibility index (Phi) is 6.38. The first kappa shape index (κ1) is 16.6. The van der Waals surface area contributed by atoms with E-state index in [-0.39, 0.29) is 0 Å². The first-order chi connectivity index (χ1) is 7.68. The molecule has 0 heterocycles. The second kappa shape index (κ2) is 6.53. The maximum atomic E-state index is 12.6. The molecule has 0 aliphatic rings. The van der Waals surface area contributed by atoms with Gasteiger partial charge in [0.1, 0.15) is 6.04 Å². The molecule has 0 saturated carbocycles. The maximum Gasteiger partial charge on any atom is 0.323 e. The van der Waals surface area contributed by atoms with Gasteiger partial charge in [-0.15, -0.1) is 0 Å². The van der Waals surface area contributed by atoms with Crippen molar-refractivity contribution in [1.82, 2.24) is 5.09 Å². The van der Waals surface area contributed by atoms with Crippen molar-refractivity contribution in [3.63, 3.8) is 0 Å². The van der Waals surface area contributed by atoms with E-state index in [1.165, 1.54) is 0 Å². The van der Waals surface area contributed by atoms with Crippen LogP contribution in [0, 0.1) is 0 Å². The summed E-state index contributed by atoms with van der Waals surface area (Å²) >= 11 is 0. The summed E-state index contributed by atoms with van der Waals surface area (Å²) in [6, 6.07) is -0.647. The zero-order valence-electron chi connectivity index (χ0n) is 11.6. The lowest BCUT2D eigenvalue weighted by molar-refractivity contribution is -0.144. The Hall–Kier alpha value is -0.380. The predicted molar refractivity (Wildman–Crippen MR) is 68.2 cm³/mol. The maximum absolute atomic E-state index is 12.6. The molecule has 0 aromatic carbocycles. The number of carbonyl (C=O) groups excluding carboxylic acids is 1. The average Bonchev–Trinajstić information content (AvgIpc) is 2.16. The van der Waals surface area contributed by atoms with Crippen LogP contribution in [-0.4, -0.2) is 30.4 Å². The highest BCUT2D eigenvalue weighted by molar-refractivity contribution is 7.58. The van der Waals surface area contributed by atoms with Crippen LogP contribution in [0.4, 0.5) is 0 Å². The van der Waals surface area contributed by atoms with Gasteiger partial charge in [-0.1, -0.05) is 0 Å². The van der Waals surface area contributed by atoms with E-state index in [4.69, 9.17) is 9.26 Å². The summed E-state index contributed by atoms with van der Waals surface area (Å²) < 4.78 is 22.8. The van der Waals surface area contributed by atoms with E-state index >= 15 is 0 Å². The van der Waals surface area contributed by atoms with Crippen LogP contribution in [0.25, 0.3) is 0 Å². The lowest BCUT2D eigenvalue weighted by Gasteiger charge is -2.32. The van der Waals surface area contributed by atoms with Crippen LogP contribution in [0.15, 0.2) is 0 Å². The third kappa shape index (κ3) is 4.78. The molecule has 0 aromatic heterocycles. The molecule has 0 saturated heterocycles. The lowest BCUT2D eigenvalue weighted by atomic mass is 10.3. The number of ether oxygens (including phenoxy) is 1. The van der Waals surface area contributed by atoms with Crippen LogP contribution in [0.5, 0.6) is 0 Å². The summed E-state index contributed by atoms with van der Waals surface area (Å²) in [5.41, 5.74) is 0. The fourth-order valence-corrected chi connectivity index (χ4v) is 3.01. The molecule has 0 radical (unpaired) electrons. The van der Waals surface area contributed by atoms with Gasteiger partial charge in [0.05, 0.1) is 18.4 Å². The average molecular weight is 265 g/mol. The monoisotopic (exact) mass is 265 g/mol. The van der Waals surface area contributed by atoms with Crippen molar-refractivity contribution in [1.29, 1.82) is 0 Å². The molecule has 0 bridgehead atoms. The van der Waals surface area contributed by atoms with Crippen LogP contribution < -0.4 is 5.09 Å². The Labute approximate surface area is 104 Å². The van der Waals surface area contributed by atoms with E-state index < -0.39 is 24.7 Å². The standard InChI is InChI=1S/C11H24NO4P/c1-7-15-10(13)9(3)12-17(14,16-8-2)11(4,5)6/h9H,7-8H2,1-6H3,(H,12,14). The number of nitrogens with one attached hydrogen (secondary N) is 1. The van der Waals surface area contributed by atoms with E-state index in [0.717, 1.165) is 0 Å². The molecular weight excluding hydrogens is 241 g/mol. The van der Waals surface area contributed by atoms with Crippen LogP contribution in [0.1, 0.15) is 41.5 Å². The van der Waals surface area contributed by atoms with Gasteiger partial charge in [-0.3, -0.25) is 9.36 Å². The van der Waals surface area contributed by atoms with Gasteiger partial charge in [0.15, 0.2) is 0 Å². The minimum Gasteiger partial charge on any atom is -0.465 e. The molecule has 0 amide bonds. The summed E-state index contributed by atoms with van der Waals surface area (Å²) in [5.74, 6) is -0.420. The van der Waals surface area contributed by atoms with Crippen molar-refractivity contribution < 1.29 is 18.6 Å². The minimum atomic E-state index is -3.09. The van der Waals surface area contributed by atoms with Crippen LogP contribution in [0.3, 0.4) is 0 Å². The summed E-state index contributed by atoms with van der Waals surface area (Å²) in [7, 11) is -3.09. The highest BCUT2D eigenvalue weighted by atomic mass is 31.2. The summed E-state index contributed by atoms with van der Waals surface area (Å²) in [5, 5.41) is 2.21. The highest BCUT2D eigenvalue weighted by Crippen LogP contribution is 2.55. The predicted octanol–water partition coefficient (Wildman–Crippen LogP) is 2.56. The van der Waals surface area contributed by atoms with Crippen molar-refractivity contribution in [3.05, 3.63) is 0 Å². The summed E-state index contributed by atoms with van der Waals surface area (Å²) in [4.78, 5) is 11.5. The molecule has 17 heavy (non-hydrogen) atoms. The number of hydrogen-bond donors (Lipinski definition) is 1. The number of hydrogen-bond acceptors (Lipinski definition) is 4. The molecule has 5 nitrogen and oxygen atoms in total. The largest absolute Gasteiger partial charge is 0.465 e. The van der Waals surface area contributed by atoms with Gasteiger partial charge in [0, 0.05) is 0 Å². The first-order valence-electron chi connectivity index (χ1n) is 5.87. The van der Waals surface area contributed by atoms with Gasteiger partial charge in [-0.2, -0.15) is 0 Å². The van der Waals surface area contributed by atoms with Crippen molar-refractivity contribution in [2.24, 2.45) is 0 Å². The van der Waals surface area contributed by atoms with Gasteiger partial charge >= 0.3 is 5.97 Å². The molecule has 0 spiro atoms. The van der Waals surface area contributed by atoms with Gasteiger partial charge in [0.2, 0.25) is 0 Å². The van der Waals surface area contributed by atoms with Crippen molar-refractivity contribution in [2.45, 2.75) is 52.7 Å². The second-order valence-electron chi connectivity index (χ2n) is 4.74. The van der Waals surface area contributed by atoms with E-state index in [9.17, 15) is 9.36 Å². The zero-order chi connectivity index (χ0) is 13.7.